The van der Waals surface area contributed by atoms with E-state index in [0.717, 1.165) is 16.7 Å². The summed E-state index contributed by atoms with van der Waals surface area (Å²) in [6.07, 6.45) is 1.63. The van der Waals surface area contributed by atoms with Crippen LogP contribution >= 0.6 is 0 Å². The van der Waals surface area contributed by atoms with Gasteiger partial charge in [-0.2, -0.15) is 0 Å². The second-order valence-corrected chi connectivity index (χ2v) is 12.1. The minimum atomic E-state index is -3.52. The molecule has 2 aromatic rings. The predicted octanol–water partition coefficient (Wildman–Crippen LogP) is 4.18. The largest absolute Gasteiger partial charge is 0.350 e. The Labute approximate surface area is 210 Å². The second kappa shape index (κ2) is 11.7. The van der Waals surface area contributed by atoms with Crippen molar-refractivity contribution in [1.29, 1.82) is 0 Å². The smallest absolute Gasteiger partial charge is 0.242 e. The Balaban J connectivity index is 2.19. The molecule has 2 rings (SSSR count). The number of rotatable bonds is 10. The van der Waals surface area contributed by atoms with Crippen molar-refractivity contribution < 1.29 is 18.0 Å². The van der Waals surface area contributed by atoms with Crippen LogP contribution in [0, 0.1) is 13.8 Å². The Morgan fingerprint density at radius 2 is 1.57 bits per heavy atom. The Bertz CT molecular complexity index is 1100. The standard InChI is InChI=1S/C27H39N3O4S/c1-20-16-21(2)18-24(17-20)30(35(7,33)34)15-11-14-25(31)29(19-23-12-9-8-10-13-23)22(3)26(32)28-27(4,5)6/h8-10,12-13,16-18,22H,11,14-15,19H2,1-7H3,(H,28,32)/t22-/m0/s1. The average Bonchev–Trinajstić information content (AvgIpc) is 2.72. The highest BCUT2D eigenvalue weighted by Gasteiger charge is 2.28. The molecule has 0 unspecified atom stereocenters. The number of hydrogen-bond acceptors (Lipinski definition) is 4. The van der Waals surface area contributed by atoms with E-state index in [1.165, 1.54) is 10.6 Å². The maximum Gasteiger partial charge on any atom is 0.242 e. The van der Waals surface area contributed by atoms with Crippen molar-refractivity contribution in [2.45, 2.75) is 72.5 Å². The molecule has 0 radical (unpaired) electrons. The van der Waals surface area contributed by atoms with E-state index < -0.39 is 21.6 Å². The van der Waals surface area contributed by atoms with Crippen molar-refractivity contribution in [3.8, 4) is 0 Å². The first-order valence-electron chi connectivity index (χ1n) is 11.9. The van der Waals surface area contributed by atoms with Gasteiger partial charge in [-0.05, 0) is 76.8 Å². The lowest BCUT2D eigenvalue weighted by Crippen LogP contribution is -2.52. The zero-order valence-electron chi connectivity index (χ0n) is 22.0. The van der Waals surface area contributed by atoms with Gasteiger partial charge in [0, 0.05) is 25.0 Å². The van der Waals surface area contributed by atoms with E-state index >= 15 is 0 Å². The van der Waals surface area contributed by atoms with Gasteiger partial charge in [-0.25, -0.2) is 8.42 Å². The van der Waals surface area contributed by atoms with Gasteiger partial charge >= 0.3 is 0 Å². The average molecular weight is 502 g/mol. The highest BCUT2D eigenvalue weighted by atomic mass is 32.2. The van der Waals surface area contributed by atoms with Crippen LogP contribution in [0.3, 0.4) is 0 Å². The quantitative estimate of drug-likeness (QED) is 0.529. The number of amides is 2. The van der Waals surface area contributed by atoms with Crippen LogP contribution < -0.4 is 9.62 Å². The zero-order chi connectivity index (χ0) is 26.4. The number of benzene rings is 2. The fraction of sp³-hybridized carbons (Fsp3) is 0.481. The van der Waals surface area contributed by atoms with Crippen molar-refractivity contribution >= 4 is 27.5 Å². The van der Waals surface area contributed by atoms with Crippen molar-refractivity contribution in [1.82, 2.24) is 10.2 Å². The van der Waals surface area contributed by atoms with Crippen LogP contribution in [-0.2, 0) is 26.2 Å². The molecule has 0 heterocycles. The highest BCUT2D eigenvalue weighted by Crippen LogP contribution is 2.22. The van der Waals surface area contributed by atoms with E-state index in [1.54, 1.807) is 11.8 Å². The lowest BCUT2D eigenvalue weighted by atomic mass is 10.1. The summed E-state index contributed by atoms with van der Waals surface area (Å²) in [5.41, 5.74) is 3.03. The number of sulfonamides is 1. The van der Waals surface area contributed by atoms with E-state index in [2.05, 4.69) is 5.32 Å². The molecule has 0 saturated heterocycles. The predicted molar refractivity (Wildman–Crippen MR) is 142 cm³/mol. The van der Waals surface area contributed by atoms with Gasteiger partial charge in [0.25, 0.3) is 0 Å². The first kappa shape index (κ1) is 28.4. The molecule has 0 aromatic heterocycles. The lowest BCUT2D eigenvalue weighted by Gasteiger charge is -2.32. The molecular formula is C27H39N3O4S. The van der Waals surface area contributed by atoms with Gasteiger partial charge in [0.15, 0.2) is 0 Å². The van der Waals surface area contributed by atoms with Crippen LogP contribution in [0.4, 0.5) is 5.69 Å². The summed E-state index contributed by atoms with van der Waals surface area (Å²) in [5.74, 6) is -0.422. The fourth-order valence-corrected chi connectivity index (χ4v) is 4.88. The molecule has 8 heteroatoms. The molecule has 1 N–H and O–H groups in total. The maximum atomic E-state index is 13.3. The molecule has 0 fully saturated rings. The Morgan fingerprint density at radius 1 is 1.00 bits per heavy atom. The monoisotopic (exact) mass is 501 g/mol. The summed E-state index contributed by atoms with van der Waals surface area (Å²) in [6, 6.07) is 14.5. The third kappa shape index (κ3) is 9.02. The van der Waals surface area contributed by atoms with Crippen LogP contribution in [-0.4, -0.2) is 49.5 Å². The van der Waals surface area contributed by atoms with Crippen molar-refractivity contribution in [3.63, 3.8) is 0 Å². The SMILES string of the molecule is Cc1cc(C)cc(N(CCCC(=O)N(Cc2ccccc2)[C@@H](C)C(=O)NC(C)(C)C)S(C)(=O)=O)c1. The molecule has 0 aliphatic carbocycles. The number of nitrogens with one attached hydrogen (secondary N) is 1. The molecule has 2 amide bonds. The number of carbonyl (C=O) groups excluding carboxylic acids is 2. The van der Waals surface area contributed by atoms with Gasteiger partial charge in [-0.3, -0.25) is 13.9 Å². The van der Waals surface area contributed by atoms with Crippen LogP contribution in [0.25, 0.3) is 0 Å². The summed E-state index contributed by atoms with van der Waals surface area (Å²) < 4.78 is 26.4. The van der Waals surface area contributed by atoms with Crippen LogP contribution in [0.1, 0.15) is 57.2 Å². The van der Waals surface area contributed by atoms with Crippen molar-refractivity contribution in [2.75, 3.05) is 17.1 Å². The van der Waals surface area contributed by atoms with Gasteiger partial charge in [-0.1, -0.05) is 36.4 Å². The summed E-state index contributed by atoms with van der Waals surface area (Å²) >= 11 is 0. The topological polar surface area (TPSA) is 86.8 Å². The van der Waals surface area contributed by atoms with Gasteiger partial charge < -0.3 is 10.2 Å². The van der Waals surface area contributed by atoms with Gasteiger partial charge in [0.05, 0.1) is 11.9 Å². The molecule has 0 bridgehead atoms. The fourth-order valence-electron chi connectivity index (χ4n) is 3.94. The van der Waals surface area contributed by atoms with Gasteiger partial charge in [0.1, 0.15) is 6.04 Å². The molecule has 35 heavy (non-hydrogen) atoms. The molecule has 2 aromatic carbocycles. The van der Waals surface area contributed by atoms with Crippen molar-refractivity contribution in [3.05, 3.63) is 65.2 Å². The second-order valence-electron chi connectivity index (χ2n) is 10.2. The van der Waals surface area contributed by atoms with E-state index in [0.29, 0.717) is 18.7 Å². The van der Waals surface area contributed by atoms with E-state index in [-0.39, 0.29) is 24.8 Å². The molecule has 0 aliphatic heterocycles. The molecule has 0 aliphatic rings. The minimum Gasteiger partial charge on any atom is -0.350 e. The van der Waals surface area contributed by atoms with E-state index in [4.69, 9.17) is 0 Å². The Kier molecular flexibility index (Phi) is 9.49. The minimum absolute atomic E-state index is 0.122. The van der Waals surface area contributed by atoms with E-state index in [1.807, 2.05) is 83.1 Å². The van der Waals surface area contributed by atoms with Crippen LogP contribution in [0.2, 0.25) is 0 Å². The van der Waals surface area contributed by atoms with Gasteiger partial charge in [-0.15, -0.1) is 0 Å². The van der Waals surface area contributed by atoms with Crippen molar-refractivity contribution in [2.24, 2.45) is 0 Å². The summed E-state index contributed by atoms with van der Waals surface area (Å²) in [5, 5.41) is 2.95. The molecule has 7 nitrogen and oxygen atoms in total. The Morgan fingerprint density at radius 3 is 2.09 bits per heavy atom. The lowest BCUT2D eigenvalue weighted by molar-refractivity contribution is -0.141. The first-order chi connectivity index (χ1) is 16.2. The molecule has 0 saturated carbocycles. The summed E-state index contributed by atoms with van der Waals surface area (Å²) in [7, 11) is -3.52. The summed E-state index contributed by atoms with van der Waals surface area (Å²) in [4.78, 5) is 27.7. The number of nitrogens with zero attached hydrogens (tertiary/aromatic N) is 2. The Hall–Kier alpha value is -2.87. The normalized spacial score (nSPS) is 12.7. The number of anilines is 1. The zero-order valence-corrected chi connectivity index (χ0v) is 22.8. The van der Waals surface area contributed by atoms with Gasteiger partial charge in [0.2, 0.25) is 21.8 Å². The molecule has 1 atom stereocenters. The third-order valence-electron chi connectivity index (χ3n) is 5.51. The summed E-state index contributed by atoms with van der Waals surface area (Å²) in [6.45, 7) is 11.7. The van der Waals surface area contributed by atoms with E-state index in [9.17, 15) is 18.0 Å². The maximum absolute atomic E-state index is 13.3. The molecule has 192 valence electrons. The third-order valence-corrected chi connectivity index (χ3v) is 6.70. The van der Waals surface area contributed by atoms with Crippen LogP contribution in [0.5, 0.6) is 0 Å². The molecular weight excluding hydrogens is 462 g/mol. The number of aryl methyl sites for hydroxylation is 2. The number of carbonyl (C=O) groups is 2. The van der Waals surface area contributed by atoms with Crippen LogP contribution in [0.15, 0.2) is 48.5 Å². The number of hydrogen-bond donors (Lipinski definition) is 1. The highest BCUT2D eigenvalue weighted by molar-refractivity contribution is 7.92. The first-order valence-corrected chi connectivity index (χ1v) is 13.7. The molecule has 0 spiro atoms.